The molecule has 130 valence electrons. The van der Waals surface area contributed by atoms with Crippen LogP contribution < -0.4 is 9.80 Å². The molecule has 0 spiro atoms. The predicted octanol–water partition coefficient (Wildman–Crippen LogP) is 4.48. The highest BCUT2D eigenvalue weighted by molar-refractivity contribution is 7.22. The molecule has 2 aromatic heterocycles. The molecule has 0 unspecified atom stereocenters. The van der Waals surface area contributed by atoms with E-state index >= 15 is 0 Å². The normalized spacial score (nSPS) is 15.1. The second kappa shape index (κ2) is 6.25. The third kappa shape index (κ3) is 2.59. The summed E-state index contributed by atoms with van der Waals surface area (Å²) in [5.41, 5.74) is 4.76. The molecule has 1 saturated heterocycles. The molecule has 1 fully saturated rings. The van der Waals surface area contributed by atoms with Crippen molar-refractivity contribution in [3.63, 3.8) is 0 Å². The number of nitrogens with zero attached hydrogens (tertiary/aromatic N) is 4. The number of para-hydroxylation sites is 2. The van der Waals surface area contributed by atoms with Gasteiger partial charge in [0.2, 0.25) is 0 Å². The minimum Gasteiger partial charge on any atom is -0.367 e. The largest absolute Gasteiger partial charge is 0.367 e. The lowest BCUT2D eigenvalue weighted by Gasteiger charge is -2.36. The van der Waals surface area contributed by atoms with Crippen molar-refractivity contribution >= 4 is 43.3 Å². The molecule has 0 N–H and O–H groups in total. The van der Waals surface area contributed by atoms with Gasteiger partial charge >= 0.3 is 0 Å². The van der Waals surface area contributed by atoms with Crippen molar-refractivity contribution in [1.82, 2.24) is 9.97 Å². The van der Waals surface area contributed by atoms with Crippen LogP contribution in [0.15, 0.2) is 54.7 Å². The molecular formula is C21H20N4S. The van der Waals surface area contributed by atoms with Crippen LogP contribution in [0.5, 0.6) is 0 Å². The van der Waals surface area contributed by atoms with Crippen molar-refractivity contribution < 1.29 is 0 Å². The van der Waals surface area contributed by atoms with Gasteiger partial charge in [0.1, 0.15) is 0 Å². The van der Waals surface area contributed by atoms with Crippen LogP contribution in [-0.2, 0) is 0 Å². The van der Waals surface area contributed by atoms with Crippen LogP contribution in [-0.4, -0.2) is 36.1 Å². The minimum atomic E-state index is 0.996. The molecule has 5 heteroatoms. The molecule has 2 aromatic carbocycles. The fourth-order valence-electron chi connectivity index (χ4n) is 3.70. The number of piperazine rings is 1. The van der Waals surface area contributed by atoms with Crippen LogP contribution in [0, 0.1) is 6.92 Å². The summed E-state index contributed by atoms with van der Waals surface area (Å²) < 4.78 is 1.28. The number of fused-ring (bicyclic) bond motifs is 2. The summed E-state index contributed by atoms with van der Waals surface area (Å²) in [6, 6.07) is 16.9. The summed E-state index contributed by atoms with van der Waals surface area (Å²) in [6.07, 6.45) is 1.92. The van der Waals surface area contributed by atoms with Gasteiger partial charge in [-0.05, 0) is 30.7 Å². The van der Waals surface area contributed by atoms with Crippen molar-refractivity contribution in [2.45, 2.75) is 6.92 Å². The van der Waals surface area contributed by atoms with E-state index in [1.54, 1.807) is 11.3 Å². The number of aryl methyl sites for hydroxylation is 1. The third-order valence-corrected chi connectivity index (χ3v) is 6.21. The summed E-state index contributed by atoms with van der Waals surface area (Å²) >= 11 is 1.80. The molecule has 5 rings (SSSR count). The average molecular weight is 360 g/mol. The van der Waals surface area contributed by atoms with Gasteiger partial charge in [0, 0.05) is 43.4 Å². The lowest BCUT2D eigenvalue weighted by molar-refractivity contribution is 0.654. The van der Waals surface area contributed by atoms with Crippen LogP contribution in [0.3, 0.4) is 0 Å². The topological polar surface area (TPSA) is 32.3 Å². The Bertz CT molecular complexity index is 1070. The molecule has 0 aliphatic carbocycles. The Morgan fingerprint density at radius 3 is 2.54 bits per heavy atom. The number of anilines is 2. The van der Waals surface area contributed by atoms with E-state index in [9.17, 15) is 0 Å². The van der Waals surface area contributed by atoms with E-state index in [2.05, 4.69) is 64.2 Å². The van der Waals surface area contributed by atoms with Gasteiger partial charge in [0.25, 0.3) is 0 Å². The monoisotopic (exact) mass is 360 g/mol. The van der Waals surface area contributed by atoms with Crippen LogP contribution >= 0.6 is 11.3 Å². The van der Waals surface area contributed by atoms with E-state index in [0.717, 1.165) is 42.3 Å². The zero-order valence-electron chi connectivity index (χ0n) is 14.7. The minimum absolute atomic E-state index is 0.996. The second-order valence-electron chi connectivity index (χ2n) is 6.74. The molecule has 4 aromatic rings. The lowest BCUT2D eigenvalue weighted by Crippen LogP contribution is -2.46. The van der Waals surface area contributed by atoms with Gasteiger partial charge in [-0.25, -0.2) is 4.98 Å². The van der Waals surface area contributed by atoms with Gasteiger partial charge in [0.15, 0.2) is 5.13 Å². The van der Waals surface area contributed by atoms with Crippen molar-refractivity contribution in [2.24, 2.45) is 0 Å². The standard InChI is InChI=1S/C21H20N4S/c1-15-5-4-8-19-20(15)23-21(26-19)25-13-11-24(12-14-25)18-9-10-22-17-7-3-2-6-16(17)18/h2-10H,11-14H2,1H3. The Morgan fingerprint density at radius 2 is 1.69 bits per heavy atom. The molecule has 0 atom stereocenters. The molecular weight excluding hydrogens is 340 g/mol. The highest BCUT2D eigenvalue weighted by Crippen LogP contribution is 2.32. The van der Waals surface area contributed by atoms with E-state index in [0.29, 0.717) is 0 Å². The first kappa shape index (κ1) is 15.6. The first-order valence-corrected chi connectivity index (χ1v) is 9.81. The van der Waals surface area contributed by atoms with Gasteiger partial charge < -0.3 is 9.80 Å². The first-order valence-electron chi connectivity index (χ1n) is 8.99. The molecule has 1 aliphatic heterocycles. The van der Waals surface area contributed by atoms with E-state index in [1.807, 2.05) is 12.3 Å². The fraction of sp³-hybridized carbons (Fsp3) is 0.238. The van der Waals surface area contributed by atoms with Gasteiger partial charge in [-0.1, -0.05) is 41.7 Å². The van der Waals surface area contributed by atoms with Crippen molar-refractivity contribution in [3.8, 4) is 0 Å². The van der Waals surface area contributed by atoms with E-state index in [4.69, 9.17) is 4.98 Å². The van der Waals surface area contributed by atoms with Crippen molar-refractivity contribution in [3.05, 3.63) is 60.3 Å². The highest BCUT2D eigenvalue weighted by atomic mass is 32.1. The number of hydrogen-bond acceptors (Lipinski definition) is 5. The number of benzene rings is 2. The van der Waals surface area contributed by atoms with Crippen LogP contribution in [0.2, 0.25) is 0 Å². The first-order chi connectivity index (χ1) is 12.8. The maximum absolute atomic E-state index is 4.90. The average Bonchev–Trinajstić information content (AvgIpc) is 3.13. The fourth-order valence-corrected chi connectivity index (χ4v) is 4.80. The Labute approximate surface area is 156 Å². The number of pyridine rings is 1. The summed E-state index contributed by atoms with van der Waals surface area (Å²) in [4.78, 5) is 14.3. The quantitative estimate of drug-likeness (QED) is 0.528. The number of aromatic nitrogens is 2. The Kier molecular flexibility index (Phi) is 3.75. The van der Waals surface area contributed by atoms with E-state index < -0.39 is 0 Å². The second-order valence-corrected chi connectivity index (χ2v) is 7.75. The van der Waals surface area contributed by atoms with Gasteiger partial charge in [0.05, 0.1) is 15.7 Å². The Morgan fingerprint density at radius 1 is 0.885 bits per heavy atom. The number of hydrogen-bond donors (Lipinski definition) is 0. The lowest BCUT2D eigenvalue weighted by atomic mass is 10.1. The maximum Gasteiger partial charge on any atom is 0.186 e. The molecule has 0 radical (unpaired) electrons. The van der Waals surface area contributed by atoms with Gasteiger partial charge in [-0.15, -0.1) is 0 Å². The zero-order valence-corrected chi connectivity index (χ0v) is 15.5. The smallest absolute Gasteiger partial charge is 0.186 e. The van der Waals surface area contributed by atoms with Crippen molar-refractivity contribution in [1.29, 1.82) is 0 Å². The van der Waals surface area contributed by atoms with E-state index in [-0.39, 0.29) is 0 Å². The summed E-state index contributed by atoms with van der Waals surface area (Å²) in [6.45, 7) is 6.13. The summed E-state index contributed by atoms with van der Waals surface area (Å²) in [5, 5.41) is 2.38. The number of thiazole rings is 1. The van der Waals surface area contributed by atoms with Crippen LogP contribution in [0.4, 0.5) is 10.8 Å². The molecule has 26 heavy (non-hydrogen) atoms. The summed E-state index contributed by atoms with van der Waals surface area (Å²) in [5.74, 6) is 0. The molecule has 0 amide bonds. The zero-order chi connectivity index (χ0) is 17.5. The summed E-state index contributed by atoms with van der Waals surface area (Å²) in [7, 11) is 0. The SMILES string of the molecule is Cc1cccc2sc(N3CCN(c4ccnc5ccccc45)CC3)nc12. The van der Waals surface area contributed by atoms with Gasteiger partial charge in [-0.2, -0.15) is 0 Å². The Balaban J connectivity index is 1.39. The highest BCUT2D eigenvalue weighted by Gasteiger charge is 2.21. The maximum atomic E-state index is 4.90. The van der Waals surface area contributed by atoms with Crippen molar-refractivity contribution in [2.75, 3.05) is 36.0 Å². The molecule has 3 heterocycles. The number of rotatable bonds is 2. The Hall–Kier alpha value is -2.66. The van der Waals surface area contributed by atoms with Crippen LogP contribution in [0.1, 0.15) is 5.56 Å². The predicted molar refractivity (Wildman–Crippen MR) is 111 cm³/mol. The molecule has 4 nitrogen and oxygen atoms in total. The third-order valence-electron chi connectivity index (χ3n) is 5.13. The molecule has 0 bridgehead atoms. The molecule has 1 aliphatic rings. The van der Waals surface area contributed by atoms with Crippen LogP contribution in [0.25, 0.3) is 21.1 Å². The molecule has 0 saturated carbocycles. The van der Waals surface area contributed by atoms with E-state index in [1.165, 1.54) is 21.3 Å². The van der Waals surface area contributed by atoms with Gasteiger partial charge in [-0.3, -0.25) is 4.98 Å².